The van der Waals surface area contributed by atoms with Gasteiger partial charge in [-0.1, -0.05) is 18.2 Å². The highest BCUT2D eigenvalue weighted by molar-refractivity contribution is 5.94. The van der Waals surface area contributed by atoms with E-state index in [-0.39, 0.29) is 11.5 Å². The molecular formula is C29H32N6O2. The van der Waals surface area contributed by atoms with E-state index >= 15 is 0 Å². The highest BCUT2D eigenvalue weighted by Crippen LogP contribution is 2.27. The molecule has 190 valence electrons. The first-order valence-corrected chi connectivity index (χ1v) is 12.4. The first kappa shape index (κ1) is 24.5. The molecule has 8 nitrogen and oxygen atoms in total. The van der Waals surface area contributed by atoms with E-state index in [1.165, 1.54) is 11.1 Å². The summed E-state index contributed by atoms with van der Waals surface area (Å²) in [5.41, 5.74) is 6.73. The zero-order chi connectivity index (χ0) is 26.1. The van der Waals surface area contributed by atoms with Crippen molar-refractivity contribution in [2.75, 3.05) is 39.5 Å². The van der Waals surface area contributed by atoms with Crippen molar-refractivity contribution in [1.29, 1.82) is 0 Å². The second-order valence-electron chi connectivity index (χ2n) is 9.63. The van der Waals surface area contributed by atoms with Crippen LogP contribution in [0.1, 0.15) is 28.0 Å². The largest absolute Gasteiger partial charge is 0.388 e. The van der Waals surface area contributed by atoms with Crippen LogP contribution in [0.2, 0.25) is 0 Å². The van der Waals surface area contributed by atoms with E-state index in [0.29, 0.717) is 5.56 Å². The summed E-state index contributed by atoms with van der Waals surface area (Å²) in [5.74, 6) is 0.0165. The molecule has 0 saturated heterocycles. The van der Waals surface area contributed by atoms with E-state index in [2.05, 4.69) is 31.9 Å². The molecule has 0 fully saturated rings. The SMILES string of the molecule is CNc1ccn(-c2ccnc3c2cc(CN2CC=C(c4ccc(C(=O)N(C)C)cc4)CC2)n3C)c(=O)c1. The molecule has 1 aromatic carbocycles. The number of aromatic nitrogens is 3. The van der Waals surface area contributed by atoms with Gasteiger partial charge in [0.25, 0.3) is 11.5 Å². The fourth-order valence-corrected chi connectivity index (χ4v) is 4.88. The summed E-state index contributed by atoms with van der Waals surface area (Å²) in [6, 6.07) is 15.4. The van der Waals surface area contributed by atoms with Crippen molar-refractivity contribution in [3.63, 3.8) is 0 Å². The molecule has 5 rings (SSSR count). The van der Waals surface area contributed by atoms with Gasteiger partial charge in [-0.25, -0.2) is 4.98 Å². The van der Waals surface area contributed by atoms with Crippen LogP contribution in [0.25, 0.3) is 22.3 Å². The van der Waals surface area contributed by atoms with Crippen molar-refractivity contribution in [2.24, 2.45) is 7.05 Å². The molecule has 0 unspecified atom stereocenters. The van der Waals surface area contributed by atoms with Crippen LogP contribution < -0.4 is 10.9 Å². The van der Waals surface area contributed by atoms with E-state index < -0.39 is 0 Å². The van der Waals surface area contributed by atoms with Crippen LogP contribution in [0.15, 0.2) is 71.8 Å². The second-order valence-corrected chi connectivity index (χ2v) is 9.63. The molecule has 1 aliphatic rings. The highest BCUT2D eigenvalue weighted by atomic mass is 16.2. The third-order valence-electron chi connectivity index (χ3n) is 7.06. The van der Waals surface area contributed by atoms with E-state index in [0.717, 1.165) is 54.2 Å². The van der Waals surface area contributed by atoms with Crippen LogP contribution in [0.5, 0.6) is 0 Å². The maximum Gasteiger partial charge on any atom is 0.257 e. The Labute approximate surface area is 216 Å². The summed E-state index contributed by atoms with van der Waals surface area (Å²) in [6.45, 7) is 2.58. The number of carbonyl (C=O) groups is 1. The van der Waals surface area contributed by atoms with Gasteiger partial charge in [-0.15, -0.1) is 0 Å². The van der Waals surface area contributed by atoms with Crippen LogP contribution in [0.3, 0.4) is 0 Å². The zero-order valence-electron chi connectivity index (χ0n) is 21.7. The van der Waals surface area contributed by atoms with Gasteiger partial charge in [0, 0.05) is 88.6 Å². The molecule has 0 radical (unpaired) electrons. The first-order chi connectivity index (χ1) is 17.9. The Morgan fingerprint density at radius 1 is 1.11 bits per heavy atom. The third-order valence-corrected chi connectivity index (χ3v) is 7.06. The Hall–Kier alpha value is -4.17. The minimum atomic E-state index is -0.0856. The standard InChI is InChI=1S/C29H32N6O2/c1-30-23-12-16-35(27(36)17-23)26-9-13-31-28-25(26)18-24(33(28)4)19-34-14-10-21(11-15-34)20-5-7-22(8-6-20)29(37)32(2)3/h5-10,12-13,16-18,30H,11,14-15,19H2,1-4H3. The number of rotatable bonds is 6. The Balaban J connectivity index is 1.35. The summed E-state index contributed by atoms with van der Waals surface area (Å²) >= 11 is 0. The summed E-state index contributed by atoms with van der Waals surface area (Å²) < 4.78 is 3.79. The van der Waals surface area contributed by atoms with Gasteiger partial charge < -0.3 is 14.8 Å². The van der Waals surface area contributed by atoms with Gasteiger partial charge in [-0.2, -0.15) is 0 Å². The molecule has 0 aliphatic carbocycles. The number of nitrogens with zero attached hydrogens (tertiary/aromatic N) is 5. The summed E-state index contributed by atoms with van der Waals surface area (Å²) in [7, 11) is 7.37. The normalized spacial score (nSPS) is 14.0. The molecule has 0 atom stereocenters. The van der Waals surface area contributed by atoms with Crippen molar-refractivity contribution < 1.29 is 4.79 Å². The topological polar surface area (TPSA) is 75.4 Å². The minimum absolute atomic E-state index is 0.0165. The smallest absolute Gasteiger partial charge is 0.257 e. The number of carbonyl (C=O) groups excluding carboxylic acids is 1. The monoisotopic (exact) mass is 496 g/mol. The molecule has 0 spiro atoms. The maximum atomic E-state index is 12.7. The second kappa shape index (κ2) is 10.1. The van der Waals surface area contributed by atoms with Gasteiger partial charge >= 0.3 is 0 Å². The Bertz CT molecular complexity index is 1550. The minimum Gasteiger partial charge on any atom is -0.388 e. The summed E-state index contributed by atoms with van der Waals surface area (Å²) in [5, 5.41) is 3.97. The third kappa shape index (κ3) is 4.80. The molecule has 4 heterocycles. The first-order valence-electron chi connectivity index (χ1n) is 12.4. The average molecular weight is 497 g/mol. The lowest BCUT2D eigenvalue weighted by atomic mass is 9.98. The Kier molecular flexibility index (Phi) is 6.67. The lowest BCUT2D eigenvalue weighted by Gasteiger charge is -2.26. The van der Waals surface area contributed by atoms with E-state index in [4.69, 9.17) is 0 Å². The molecule has 37 heavy (non-hydrogen) atoms. The number of hydrogen-bond acceptors (Lipinski definition) is 5. The predicted octanol–water partition coefficient (Wildman–Crippen LogP) is 3.76. The average Bonchev–Trinajstić information content (AvgIpc) is 3.24. The molecule has 0 saturated carbocycles. The van der Waals surface area contributed by atoms with Gasteiger partial charge in [0.1, 0.15) is 5.65 Å². The van der Waals surface area contributed by atoms with Gasteiger partial charge in [0.2, 0.25) is 0 Å². The summed E-state index contributed by atoms with van der Waals surface area (Å²) in [4.78, 5) is 33.5. The number of fused-ring (bicyclic) bond motifs is 1. The van der Waals surface area contributed by atoms with Crippen molar-refractivity contribution in [1.82, 2.24) is 23.9 Å². The predicted molar refractivity (Wildman–Crippen MR) is 148 cm³/mol. The molecule has 1 amide bonds. The number of pyridine rings is 2. The van der Waals surface area contributed by atoms with Crippen LogP contribution in [-0.2, 0) is 13.6 Å². The van der Waals surface area contributed by atoms with Crippen LogP contribution in [0.4, 0.5) is 5.69 Å². The van der Waals surface area contributed by atoms with Crippen molar-refractivity contribution in [3.8, 4) is 5.69 Å². The number of anilines is 1. The van der Waals surface area contributed by atoms with Crippen molar-refractivity contribution >= 4 is 28.2 Å². The number of hydrogen-bond donors (Lipinski definition) is 1. The molecule has 1 aliphatic heterocycles. The van der Waals surface area contributed by atoms with Crippen molar-refractivity contribution in [2.45, 2.75) is 13.0 Å². The molecule has 1 N–H and O–H groups in total. The Morgan fingerprint density at radius 3 is 2.54 bits per heavy atom. The van der Waals surface area contributed by atoms with Crippen LogP contribution in [0, 0.1) is 0 Å². The zero-order valence-corrected chi connectivity index (χ0v) is 21.7. The molecule has 0 bridgehead atoms. The number of amides is 1. The van der Waals surface area contributed by atoms with E-state index in [1.54, 1.807) is 49.1 Å². The Morgan fingerprint density at radius 2 is 1.89 bits per heavy atom. The quantitative estimate of drug-likeness (QED) is 0.440. The van der Waals surface area contributed by atoms with Crippen molar-refractivity contribution in [3.05, 3.63) is 94.2 Å². The number of aryl methyl sites for hydroxylation is 1. The molecule has 4 aromatic rings. The van der Waals surface area contributed by atoms with Gasteiger partial charge in [-0.05, 0) is 47.9 Å². The van der Waals surface area contributed by atoms with Crippen LogP contribution in [-0.4, -0.2) is 64.1 Å². The van der Waals surface area contributed by atoms with E-state index in [1.807, 2.05) is 43.4 Å². The van der Waals surface area contributed by atoms with E-state index in [9.17, 15) is 9.59 Å². The molecule has 8 heteroatoms. The fourth-order valence-electron chi connectivity index (χ4n) is 4.88. The lowest BCUT2D eigenvalue weighted by molar-refractivity contribution is 0.0827. The fraction of sp³-hybridized carbons (Fsp3) is 0.276. The van der Waals surface area contributed by atoms with Crippen LogP contribution >= 0.6 is 0 Å². The lowest BCUT2D eigenvalue weighted by Crippen LogP contribution is -2.28. The maximum absolute atomic E-state index is 12.7. The molecular weight excluding hydrogens is 464 g/mol. The molecule has 3 aromatic heterocycles. The number of nitrogens with one attached hydrogen (secondary N) is 1. The summed E-state index contributed by atoms with van der Waals surface area (Å²) in [6.07, 6.45) is 6.78. The number of benzene rings is 1. The van der Waals surface area contributed by atoms with Gasteiger partial charge in [0.15, 0.2) is 0 Å². The van der Waals surface area contributed by atoms with Gasteiger partial charge in [-0.3, -0.25) is 19.1 Å². The van der Waals surface area contributed by atoms with Gasteiger partial charge in [0.05, 0.1) is 5.69 Å². The highest BCUT2D eigenvalue weighted by Gasteiger charge is 2.18.